The average Bonchev–Trinajstić information content (AvgIpc) is 3.10. The molecule has 2 heterocycles. The zero-order valence-electron chi connectivity index (χ0n) is 10.2. The molecule has 2 N–H and O–H groups in total. The third-order valence-corrected chi connectivity index (χ3v) is 3.38. The number of ether oxygens (including phenoxy) is 1. The van der Waals surface area contributed by atoms with E-state index in [2.05, 4.69) is 5.10 Å². The van der Waals surface area contributed by atoms with E-state index in [9.17, 15) is 0 Å². The van der Waals surface area contributed by atoms with Crippen molar-refractivity contribution in [2.75, 3.05) is 6.61 Å². The van der Waals surface area contributed by atoms with Crippen molar-refractivity contribution in [3.8, 4) is 5.69 Å². The summed E-state index contributed by atoms with van der Waals surface area (Å²) >= 11 is 0. The van der Waals surface area contributed by atoms with Gasteiger partial charge in [0.2, 0.25) is 0 Å². The third kappa shape index (κ3) is 2.05. The largest absolute Gasteiger partial charge is 0.376 e. The van der Waals surface area contributed by atoms with Gasteiger partial charge in [0.15, 0.2) is 0 Å². The predicted molar refractivity (Wildman–Crippen MR) is 69.5 cm³/mol. The Morgan fingerprint density at radius 3 is 2.83 bits per heavy atom. The van der Waals surface area contributed by atoms with Crippen molar-refractivity contribution < 1.29 is 4.74 Å². The molecule has 0 radical (unpaired) electrons. The van der Waals surface area contributed by atoms with Gasteiger partial charge < -0.3 is 10.5 Å². The minimum atomic E-state index is -0.116. The van der Waals surface area contributed by atoms with Gasteiger partial charge in [-0.25, -0.2) is 4.68 Å². The first-order valence-electron chi connectivity index (χ1n) is 6.33. The highest BCUT2D eigenvalue weighted by molar-refractivity contribution is 5.33. The molecule has 1 aliphatic rings. The molecule has 1 saturated heterocycles. The van der Waals surface area contributed by atoms with Gasteiger partial charge in [0.25, 0.3) is 0 Å². The summed E-state index contributed by atoms with van der Waals surface area (Å²) in [5.41, 5.74) is 8.34. The minimum Gasteiger partial charge on any atom is -0.376 e. The Kier molecular flexibility index (Phi) is 3.13. The first-order chi connectivity index (χ1) is 8.86. The zero-order valence-corrected chi connectivity index (χ0v) is 10.2. The Morgan fingerprint density at radius 1 is 1.28 bits per heavy atom. The Hall–Kier alpha value is -1.65. The maximum Gasteiger partial charge on any atom is 0.0783 e. The second-order valence-corrected chi connectivity index (χ2v) is 4.58. The van der Waals surface area contributed by atoms with Gasteiger partial charge in [-0.3, -0.25) is 0 Å². The van der Waals surface area contributed by atoms with Crippen molar-refractivity contribution >= 4 is 0 Å². The second-order valence-electron chi connectivity index (χ2n) is 4.58. The second kappa shape index (κ2) is 4.92. The van der Waals surface area contributed by atoms with Crippen LogP contribution in [0.4, 0.5) is 0 Å². The number of nitrogens with zero attached hydrogens (tertiary/aromatic N) is 2. The third-order valence-electron chi connectivity index (χ3n) is 3.38. The Morgan fingerprint density at radius 2 is 2.11 bits per heavy atom. The van der Waals surface area contributed by atoms with E-state index in [4.69, 9.17) is 10.5 Å². The molecule has 2 aromatic rings. The number of benzene rings is 1. The molecule has 0 amide bonds. The minimum absolute atomic E-state index is 0.115. The molecule has 4 nitrogen and oxygen atoms in total. The maximum absolute atomic E-state index is 6.30. The van der Waals surface area contributed by atoms with Crippen molar-refractivity contribution in [3.05, 3.63) is 48.3 Å². The first kappa shape index (κ1) is 11.4. The molecule has 0 aliphatic carbocycles. The van der Waals surface area contributed by atoms with Gasteiger partial charge in [0, 0.05) is 12.8 Å². The molecule has 1 aliphatic heterocycles. The molecule has 18 heavy (non-hydrogen) atoms. The van der Waals surface area contributed by atoms with Crippen molar-refractivity contribution in [1.29, 1.82) is 0 Å². The zero-order chi connectivity index (χ0) is 12.4. The number of hydrogen-bond donors (Lipinski definition) is 1. The van der Waals surface area contributed by atoms with Crippen LogP contribution in [0.3, 0.4) is 0 Å². The van der Waals surface area contributed by atoms with Crippen LogP contribution < -0.4 is 5.73 Å². The van der Waals surface area contributed by atoms with Gasteiger partial charge in [0.05, 0.1) is 23.5 Å². The van der Waals surface area contributed by atoms with E-state index in [0.29, 0.717) is 0 Å². The normalized spacial score (nSPS) is 21.1. The molecule has 1 fully saturated rings. The van der Waals surface area contributed by atoms with Gasteiger partial charge in [-0.2, -0.15) is 5.10 Å². The molecule has 2 atom stereocenters. The molecule has 0 bridgehead atoms. The van der Waals surface area contributed by atoms with Gasteiger partial charge in [-0.1, -0.05) is 18.2 Å². The first-order valence-corrected chi connectivity index (χ1v) is 6.33. The van der Waals surface area contributed by atoms with E-state index < -0.39 is 0 Å². The average molecular weight is 243 g/mol. The van der Waals surface area contributed by atoms with E-state index in [1.807, 2.05) is 41.1 Å². The molecule has 2 unspecified atom stereocenters. The summed E-state index contributed by atoms with van der Waals surface area (Å²) in [6, 6.07) is 11.9. The fourth-order valence-electron chi connectivity index (χ4n) is 2.43. The highest BCUT2D eigenvalue weighted by Gasteiger charge is 2.26. The van der Waals surface area contributed by atoms with Crippen molar-refractivity contribution in [2.45, 2.75) is 25.0 Å². The van der Waals surface area contributed by atoms with Crippen LogP contribution in [0.2, 0.25) is 0 Å². The summed E-state index contributed by atoms with van der Waals surface area (Å²) in [6.07, 6.45) is 4.03. The Bertz CT molecular complexity index is 503. The lowest BCUT2D eigenvalue weighted by Crippen LogP contribution is -2.27. The summed E-state index contributed by atoms with van der Waals surface area (Å²) in [5.74, 6) is 0. The fourth-order valence-corrected chi connectivity index (χ4v) is 2.43. The lowest BCUT2D eigenvalue weighted by atomic mass is 10.1. The molecule has 0 spiro atoms. The van der Waals surface area contributed by atoms with Gasteiger partial charge in [-0.15, -0.1) is 0 Å². The van der Waals surface area contributed by atoms with Gasteiger partial charge in [-0.05, 0) is 31.0 Å². The van der Waals surface area contributed by atoms with Crippen LogP contribution >= 0.6 is 0 Å². The molecule has 0 saturated carbocycles. The highest BCUT2D eigenvalue weighted by atomic mass is 16.5. The molecular formula is C14H17N3O. The smallest absolute Gasteiger partial charge is 0.0783 e. The Balaban J connectivity index is 1.91. The van der Waals surface area contributed by atoms with E-state index in [1.54, 1.807) is 6.20 Å². The van der Waals surface area contributed by atoms with E-state index in [-0.39, 0.29) is 12.1 Å². The molecule has 4 heteroatoms. The van der Waals surface area contributed by atoms with Gasteiger partial charge >= 0.3 is 0 Å². The van der Waals surface area contributed by atoms with E-state index >= 15 is 0 Å². The number of rotatable bonds is 3. The molecule has 3 rings (SSSR count). The predicted octanol–water partition coefficient (Wildman–Crippen LogP) is 2.05. The van der Waals surface area contributed by atoms with Crippen LogP contribution in [-0.4, -0.2) is 22.5 Å². The van der Waals surface area contributed by atoms with Crippen LogP contribution in [0.15, 0.2) is 42.6 Å². The lowest BCUT2D eigenvalue weighted by molar-refractivity contribution is 0.0883. The number of hydrogen-bond acceptors (Lipinski definition) is 3. The van der Waals surface area contributed by atoms with Crippen molar-refractivity contribution in [2.24, 2.45) is 5.73 Å². The monoisotopic (exact) mass is 243 g/mol. The quantitative estimate of drug-likeness (QED) is 0.897. The van der Waals surface area contributed by atoms with Crippen molar-refractivity contribution in [1.82, 2.24) is 9.78 Å². The van der Waals surface area contributed by atoms with E-state index in [1.165, 1.54) is 0 Å². The molecular weight excluding hydrogens is 226 g/mol. The summed E-state index contributed by atoms with van der Waals surface area (Å²) in [6.45, 7) is 0.817. The topological polar surface area (TPSA) is 53.1 Å². The SMILES string of the molecule is NC(c1ccnn1-c1ccccc1)C1CCCO1. The molecule has 1 aromatic heterocycles. The van der Waals surface area contributed by atoms with Crippen LogP contribution in [0.25, 0.3) is 5.69 Å². The number of para-hydroxylation sites is 1. The summed E-state index contributed by atoms with van der Waals surface area (Å²) < 4.78 is 7.56. The van der Waals surface area contributed by atoms with E-state index in [0.717, 1.165) is 30.8 Å². The molecule has 1 aromatic carbocycles. The van der Waals surface area contributed by atoms with Crippen LogP contribution in [0.1, 0.15) is 24.6 Å². The summed E-state index contributed by atoms with van der Waals surface area (Å²) in [5, 5.41) is 4.36. The van der Waals surface area contributed by atoms with Crippen LogP contribution in [-0.2, 0) is 4.74 Å². The van der Waals surface area contributed by atoms with Crippen molar-refractivity contribution in [3.63, 3.8) is 0 Å². The van der Waals surface area contributed by atoms with Crippen LogP contribution in [0, 0.1) is 0 Å². The molecule has 94 valence electrons. The fraction of sp³-hybridized carbons (Fsp3) is 0.357. The lowest BCUT2D eigenvalue weighted by Gasteiger charge is -2.19. The summed E-state index contributed by atoms with van der Waals surface area (Å²) in [4.78, 5) is 0. The number of nitrogens with two attached hydrogens (primary N) is 1. The van der Waals surface area contributed by atoms with Crippen LogP contribution in [0.5, 0.6) is 0 Å². The standard InChI is InChI=1S/C14H17N3O/c15-14(13-7-4-10-18-13)12-8-9-16-17(12)11-5-2-1-3-6-11/h1-3,5-6,8-9,13-14H,4,7,10,15H2. The van der Waals surface area contributed by atoms with Gasteiger partial charge in [0.1, 0.15) is 0 Å². The number of aromatic nitrogens is 2. The highest BCUT2D eigenvalue weighted by Crippen LogP contribution is 2.26. The summed E-state index contributed by atoms with van der Waals surface area (Å²) in [7, 11) is 0. The Labute approximate surface area is 106 Å². The maximum atomic E-state index is 6.30.